The van der Waals surface area contributed by atoms with Crippen molar-refractivity contribution in [3.8, 4) is 0 Å². The number of aliphatic hydroxyl groups excluding tert-OH is 1. The van der Waals surface area contributed by atoms with E-state index in [0.717, 1.165) is 0 Å². The third kappa shape index (κ3) is 4.68. The first-order valence-electron chi connectivity index (χ1n) is 3.48. The molecule has 0 aromatic carbocycles. The van der Waals surface area contributed by atoms with Crippen molar-refractivity contribution >= 4 is 5.78 Å². The Hall–Kier alpha value is -1.10. The van der Waals surface area contributed by atoms with Gasteiger partial charge in [-0.05, 0) is 12.5 Å². The van der Waals surface area contributed by atoms with E-state index in [0.29, 0.717) is 0 Å². The molecule has 0 spiro atoms. The van der Waals surface area contributed by atoms with Gasteiger partial charge in [0, 0.05) is 11.5 Å². The summed E-state index contributed by atoms with van der Waals surface area (Å²) in [6.07, 6.45) is -0.635. The monoisotopic (exact) mass is 173 g/mol. The minimum atomic E-state index is -0.635. The minimum Gasteiger partial charge on any atom is -0.388 e. The highest BCUT2D eigenvalue weighted by Crippen LogP contribution is 1.91. The maximum Gasteiger partial charge on any atom is 0.186 e. The van der Waals surface area contributed by atoms with Crippen LogP contribution in [0.15, 0.2) is 5.11 Å². The first-order chi connectivity index (χ1) is 5.72. The van der Waals surface area contributed by atoms with Crippen LogP contribution in [0.5, 0.6) is 0 Å². The molecule has 0 amide bonds. The Morgan fingerprint density at radius 1 is 1.83 bits per heavy atom. The molecular formula is C6H11N3O3. The Labute approximate surface area is 69.8 Å². The van der Waals surface area contributed by atoms with E-state index >= 15 is 0 Å². The number of hydrogen-bond donors (Lipinski definition) is 1. The molecule has 1 atom stereocenters. The molecule has 6 nitrogen and oxygen atoms in total. The van der Waals surface area contributed by atoms with Gasteiger partial charge < -0.3 is 9.84 Å². The van der Waals surface area contributed by atoms with E-state index in [4.69, 9.17) is 15.4 Å². The van der Waals surface area contributed by atoms with Gasteiger partial charge in [0.15, 0.2) is 5.78 Å². The van der Waals surface area contributed by atoms with Crippen LogP contribution < -0.4 is 0 Å². The van der Waals surface area contributed by atoms with Crippen LogP contribution in [-0.2, 0) is 9.53 Å². The summed E-state index contributed by atoms with van der Waals surface area (Å²) >= 11 is 0. The molecule has 1 unspecified atom stereocenters. The van der Waals surface area contributed by atoms with Crippen LogP contribution in [0, 0.1) is 0 Å². The average Bonchev–Trinajstić information content (AvgIpc) is 2.10. The van der Waals surface area contributed by atoms with Gasteiger partial charge in [0.1, 0.15) is 12.7 Å². The van der Waals surface area contributed by atoms with Gasteiger partial charge in [-0.1, -0.05) is 5.11 Å². The van der Waals surface area contributed by atoms with E-state index in [1.54, 1.807) is 0 Å². The summed E-state index contributed by atoms with van der Waals surface area (Å²) in [5.41, 5.74) is 7.88. The molecule has 6 heteroatoms. The molecule has 12 heavy (non-hydrogen) atoms. The highest BCUT2D eigenvalue weighted by atomic mass is 16.5. The molecule has 0 fully saturated rings. The number of rotatable bonds is 6. The van der Waals surface area contributed by atoms with Gasteiger partial charge in [-0.25, -0.2) is 0 Å². The van der Waals surface area contributed by atoms with Crippen LogP contribution in [0.4, 0.5) is 0 Å². The molecule has 0 aliphatic carbocycles. The molecule has 0 saturated heterocycles. The number of carbonyl (C=O) groups excluding carboxylic acids is 1. The van der Waals surface area contributed by atoms with E-state index in [2.05, 4.69) is 10.0 Å². The van der Waals surface area contributed by atoms with Gasteiger partial charge in [-0.2, -0.15) is 0 Å². The van der Waals surface area contributed by atoms with E-state index in [1.807, 2.05) is 0 Å². The van der Waals surface area contributed by atoms with E-state index in [-0.39, 0.29) is 18.9 Å². The second-order valence-electron chi connectivity index (χ2n) is 2.09. The Kier molecular flexibility index (Phi) is 6.00. The summed E-state index contributed by atoms with van der Waals surface area (Å²) in [7, 11) is 0. The zero-order valence-corrected chi connectivity index (χ0v) is 6.80. The third-order valence-electron chi connectivity index (χ3n) is 1.23. The number of azide groups is 1. The highest BCUT2D eigenvalue weighted by molar-refractivity contribution is 5.83. The van der Waals surface area contributed by atoms with Crippen LogP contribution in [0.25, 0.3) is 10.4 Å². The highest BCUT2D eigenvalue weighted by Gasteiger charge is 2.10. The topological polar surface area (TPSA) is 95.3 Å². The van der Waals surface area contributed by atoms with Crippen molar-refractivity contribution in [1.82, 2.24) is 0 Å². The lowest BCUT2D eigenvalue weighted by atomic mass is 10.3. The largest absolute Gasteiger partial charge is 0.388 e. The van der Waals surface area contributed by atoms with E-state index in [9.17, 15) is 4.79 Å². The van der Waals surface area contributed by atoms with Gasteiger partial charge in [0.05, 0.1) is 6.61 Å². The van der Waals surface area contributed by atoms with Crippen LogP contribution in [0.2, 0.25) is 0 Å². The quantitative estimate of drug-likeness (QED) is 0.270. The summed E-state index contributed by atoms with van der Waals surface area (Å²) in [4.78, 5) is 13.2. The summed E-state index contributed by atoms with van der Waals surface area (Å²) in [5.74, 6) is -0.379. The summed E-state index contributed by atoms with van der Waals surface area (Å²) in [5, 5.41) is 11.6. The standard InChI is InChI=1S/C6H11N3O3/c1-5(6(11)4-10)12-3-2-8-9-7/h5,10H,2-4H2,1H3. The van der Waals surface area contributed by atoms with Crippen molar-refractivity contribution in [1.29, 1.82) is 0 Å². The van der Waals surface area contributed by atoms with Crippen molar-refractivity contribution < 1.29 is 14.6 Å². The first kappa shape index (κ1) is 10.9. The fraction of sp³-hybridized carbons (Fsp3) is 0.833. The lowest BCUT2D eigenvalue weighted by Gasteiger charge is -2.08. The SMILES string of the molecule is CC(OCCN=[N+]=[N-])C(=O)CO. The van der Waals surface area contributed by atoms with E-state index < -0.39 is 12.7 Å². The molecule has 0 aromatic rings. The summed E-state index contributed by atoms with van der Waals surface area (Å²) in [6, 6.07) is 0. The van der Waals surface area contributed by atoms with E-state index in [1.165, 1.54) is 6.92 Å². The fourth-order valence-electron chi connectivity index (χ4n) is 0.537. The third-order valence-corrected chi connectivity index (χ3v) is 1.23. The van der Waals surface area contributed by atoms with Crippen molar-refractivity contribution in [2.24, 2.45) is 5.11 Å². The Morgan fingerprint density at radius 3 is 3.00 bits per heavy atom. The maximum absolute atomic E-state index is 10.7. The summed E-state index contributed by atoms with van der Waals surface area (Å²) < 4.78 is 4.92. The van der Waals surface area contributed by atoms with Crippen molar-refractivity contribution in [3.63, 3.8) is 0 Å². The van der Waals surface area contributed by atoms with Gasteiger partial charge in [-0.3, -0.25) is 4.79 Å². The molecule has 0 bridgehead atoms. The number of ether oxygens (including phenoxy) is 1. The molecule has 0 radical (unpaired) electrons. The molecule has 68 valence electrons. The molecule has 0 rings (SSSR count). The predicted molar refractivity (Wildman–Crippen MR) is 41.5 cm³/mol. The smallest absolute Gasteiger partial charge is 0.186 e. The number of carbonyl (C=O) groups is 1. The van der Waals surface area contributed by atoms with Gasteiger partial charge >= 0.3 is 0 Å². The van der Waals surface area contributed by atoms with Crippen LogP contribution in [0.1, 0.15) is 6.92 Å². The maximum atomic E-state index is 10.7. The number of aliphatic hydroxyl groups is 1. The Bertz CT molecular complexity index is 188. The number of nitrogens with zero attached hydrogens (tertiary/aromatic N) is 3. The van der Waals surface area contributed by atoms with Crippen LogP contribution in [0.3, 0.4) is 0 Å². The zero-order valence-electron chi connectivity index (χ0n) is 6.80. The minimum absolute atomic E-state index is 0.191. The molecular weight excluding hydrogens is 162 g/mol. The lowest BCUT2D eigenvalue weighted by Crippen LogP contribution is -2.24. The number of Topliss-reactive ketones (excluding diaryl/α,β-unsaturated/α-hetero) is 1. The fourth-order valence-corrected chi connectivity index (χ4v) is 0.537. The molecule has 0 heterocycles. The second-order valence-corrected chi connectivity index (χ2v) is 2.09. The van der Waals surface area contributed by atoms with Crippen molar-refractivity contribution in [2.75, 3.05) is 19.8 Å². The van der Waals surface area contributed by atoms with Crippen LogP contribution >= 0.6 is 0 Å². The van der Waals surface area contributed by atoms with Crippen molar-refractivity contribution in [3.05, 3.63) is 10.4 Å². The van der Waals surface area contributed by atoms with Gasteiger partial charge in [0.25, 0.3) is 0 Å². The average molecular weight is 173 g/mol. The second kappa shape index (κ2) is 6.60. The first-order valence-corrected chi connectivity index (χ1v) is 3.48. The normalized spacial score (nSPS) is 11.8. The van der Waals surface area contributed by atoms with Gasteiger partial charge in [-0.15, -0.1) is 0 Å². The molecule has 0 aliphatic rings. The lowest BCUT2D eigenvalue weighted by molar-refractivity contribution is -0.132. The molecule has 1 N–H and O–H groups in total. The number of ketones is 1. The number of hydrogen-bond acceptors (Lipinski definition) is 4. The predicted octanol–water partition coefficient (Wildman–Crippen LogP) is 0.263. The van der Waals surface area contributed by atoms with Crippen LogP contribution in [-0.4, -0.2) is 36.8 Å². The summed E-state index contributed by atoms with van der Waals surface area (Å²) in [6.45, 7) is 1.40. The zero-order chi connectivity index (χ0) is 9.40. The van der Waals surface area contributed by atoms with Gasteiger partial charge in [0.2, 0.25) is 0 Å². The molecule has 0 aromatic heterocycles. The Morgan fingerprint density at radius 2 is 2.50 bits per heavy atom. The molecule has 0 saturated carbocycles. The molecule has 0 aliphatic heterocycles. The Balaban J connectivity index is 3.49. The van der Waals surface area contributed by atoms with Crippen molar-refractivity contribution in [2.45, 2.75) is 13.0 Å².